The molecular formula is C12H14FN3O4. The smallest absolute Gasteiger partial charge is 0.295 e. The van der Waals surface area contributed by atoms with E-state index in [1.807, 2.05) is 0 Å². The number of amides is 1. The Morgan fingerprint density at radius 1 is 1.60 bits per heavy atom. The molecular weight excluding hydrogens is 269 g/mol. The quantitative estimate of drug-likeness (QED) is 0.476. The second-order valence-electron chi connectivity index (χ2n) is 5.12. The van der Waals surface area contributed by atoms with Gasteiger partial charge in [0.1, 0.15) is 11.5 Å². The number of nitro groups is 1. The highest BCUT2D eigenvalue weighted by Crippen LogP contribution is 2.29. The number of anilines is 1. The van der Waals surface area contributed by atoms with Crippen LogP contribution in [0, 0.1) is 15.9 Å². The topological polar surface area (TPSA) is 110 Å². The van der Waals surface area contributed by atoms with Crippen LogP contribution in [0.5, 0.6) is 0 Å². The Balaban J connectivity index is 2.38. The molecule has 0 radical (unpaired) electrons. The number of nitro benzene ring substituents is 1. The summed E-state index contributed by atoms with van der Waals surface area (Å²) < 4.78 is 13.4. The number of benzene rings is 1. The molecule has 1 saturated heterocycles. The van der Waals surface area contributed by atoms with Crippen molar-refractivity contribution in [2.45, 2.75) is 18.9 Å². The summed E-state index contributed by atoms with van der Waals surface area (Å²) in [6.45, 7) is 1.95. The molecule has 0 bridgehead atoms. The molecule has 3 N–H and O–H groups in total. The van der Waals surface area contributed by atoms with Gasteiger partial charge >= 0.3 is 0 Å². The molecule has 1 atom stereocenters. The van der Waals surface area contributed by atoms with E-state index in [1.54, 1.807) is 6.92 Å². The first-order valence-electron chi connectivity index (χ1n) is 5.96. The molecule has 1 heterocycles. The number of rotatable bonds is 2. The number of carbonyl (C=O) groups is 1. The Kier molecular flexibility index (Phi) is 3.34. The van der Waals surface area contributed by atoms with Crippen LogP contribution in [0.1, 0.15) is 23.7 Å². The third-order valence-corrected chi connectivity index (χ3v) is 3.29. The van der Waals surface area contributed by atoms with Gasteiger partial charge in [0.2, 0.25) is 0 Å². The Hall–Kier alpha value is -2.22. The molecule has 1 aromatic carbocycles. The van der Waals surface area contributed by atoms with Crippen LogP contribution in [-0.2, 0) is 0 Å². The van der Waals surface area contributed by atoms with Gasteiger partial charge in [0.15, 0.2) is 0 Å². The SMILES string of the molecule is CC1(O)CCN(C(=O)c2cc(F)cc([N+](=O)[O-])c2N)C1. The fraction of sp³-hybridized carbons (Fsp3) is 0.417. The van der Waals surface area contributed by atoms with Crippen molar-refractivity contribution in [2.24, 2.45) is 0 Å². The molecule has 1 aromatic rings. The van der Waals surface area contributed by atoms with Gasteiger partial charge in [-0.1, -0.05) is 0 Å². The summed E-state index contributed by atoms with van der Waals surface area (Å²) >= 11 is 0. The average molecular weight is 283 g/mol. The van der Waals surface area contributed by atoms with Gasteiger partial charge in [-0.15, -0.1) is 0 Å². The van der Waals surface area contributed by atoms with Gasteiger partial charge in [-0.3, -0.25) is 14.9 Å². The van der Waals surface area contributed by atoms with Crippen LogP contribution >= 0.6 is 0 Å². The third-order valence-electron chi connectivity index (χ3n) is 3.29. The van der Waals surface area contributed by atoms with E-state index < -0.39 is 27.9 Å². The van der Waals surface area contributed by atoms with E-state index in [1.165, 1.54) is 4.90 Å². The molecule has 0 aromatic heterocycles. The monoisotopic (exact) mass is 283 g/mol. The Morgan fingerprint density at radius 2 is 2.25 bits per heavy atom. The summed E-state index contributed by atoms with van der Waals surface area (Å²) in [7, 11) is 0. The number of nitrogens with zero attached hydrogens (tertiary/aromatic N) is 2. The first-order valence-corrected chi connectivity index (χ1v) is 5.96. The van der Waals surface area contributed by atoms with Crippen molar-refractivity contribution in [1.29, 1.82) is 0 Å². The maximum atomic E-state index is 13.4. The van der Waals surface area contributed by atoms with Gasteiger partial charge < -0.3 is 15.7 Å². The van der Waals surface area contributed by atoms with Crippen molar-refractivity contribution in [3.05, 3.63) is 33.6 Å². The van der Waals surface area contributed by atoms with Crippen LogP contribution in [0.15, 0.2) is 12.1 Å². The normalized spacial score (nSPS) is 22.1. The van der Waals surface area contributed by atoms with Crippen molar-refractivity contribution in [1.82, 2.24) is 4.90 Å². The minimum Gasteiger partial charge on any atom is -0.393 e. The zero-order chi connectivity index (χ0) is 15.1. The van der Waals surface area contributed by atoms with Crippen molar-refractivity contribution >= 4 is 17.3 Å². The molecule has 1 unspecified atom stereocenters. The lowest BCUT2D eigenvalue weighted by atomic mass is 10.1. The Morgan fingerprint density at radius 3 is 2.75 bits per heavy atom. The predicted octanol–water partition coefficient (Wildman–Crippen LogP) is 0.913. The fourth-order valence-corrected chi connectivity index (χ4v) is 2.22. The van der Waals surface area contributed by atoms with E-state index in [4.69, 9.17) is 5.73 Å². The predicted molar refractivity (Wildman–Crippen MR) is 68.6 cm³/mol. The van der Waals surface area contributed by atoms with E-state index in [0.717, 1.165) is 6.07 Å². The molecule has 0 spiro atoms. The first-order chi connectivity index (χ1) is 9.21. The molecule has 1 aliphatic heterocycles. The largest absolute Gasteiger partial charge is 0.393 e. The standard InChI is InChI=1S/C12H14FN3O4/c1-12(18)2-3-15(6-12)11(17)8-4-7(13)5-9(10(8)14)16(19)20/h4-5,18H,2-3,6,14H2,1H3. The lowest BCUT2D eigenvalue weighted by molar-refractivity contribution is -0.384. The van der Waals surface area contributed by atoms with Crippen molar-refractivity contribution in [3.63, 3.8) is 0 Å². The Labute approximate surface area is 113 Å². The van der Waals surface area contributed by atoms with Crippen LogP contribution < -0.4 is 5.73 Å². The lowest BCUT2D eigenvalue weighted by Gasteiger charge is -2.19. The van der Waals surface area contributed by atoms with E-state index >= 15 is 0 Å². The number of halogens is 1. The summed E-state index contributed by atoms with van der Waals surface area (Å²) in [6, 6.07) is 1.55. The maximum absolute atomic E-state index is 13.4. The van der Waals surface area contributed by atoms with Crippen molar-refractivity contribution in [2.75, 3.05) is 18.8 Å². The molecule has 108 valence electrons. The summed E-state index contributed by atoms with van der Waals surface area (Å²) in [5.41, 5.74) is 3.30. The molecule has 7 nitrogen and oxygen atoms in total. The Bertz CT molecular complexity index is 588. The lowest BCUT2D eigenvalue weighted by Crippen LogP contribution is -2.34. The van der Waals surface area contributed by atoms with Gasteiger partial charge in [-0.05, 0) is 19.4 Å². The maximum Gasteiger partial charge on any atom is 0.295 e. The van der Waals surface area contributed by atoms with Crippen LogP contribution in [-0.4, -0.2) is 39.5 Å². The zero-order valence-electron chi connectivity index (χ0n) is 10.8. The summed E-state index contributed by atoms with van der Waals surface area (Å²) in [5.74, 6) is -1.52. The van der Waals surface area contributed by atoms with Crippen LogP contribution in [0.3, 0.4) is 0 Å². The van der Waals surface area contributed by atoms with Gasteiger partial charge in [-0.25, -0.2) is 4.39 Å². The fourth-order valence-electron chi connectivity index (χ4n) is 2.22. The zero-order valence-corrected chi connectivity index (χ0v) is 10.8. The van der Waals surface area contributed by atoms with E-state index in [-0.39, 0.29) is 24.3 Å². The number of likely N-dealkylation sites (tertiary alicyclic amines) is 1. The highest BCUT2D eigenvalue weighted by molar-refractivity contribution is 6.01. The molecule has 1 fully saturated rings. The second kappa shape index (κ2) is 4.71. The van der Waals surface area contributed by atoms with E-state index in [9.17, 15) is 24.4 Å². The number of hydrogen-bond donors (Lipinski definition) is 2. The molecule has 20 heavy (non-hydrogen) atoms. The van der Waals surface area contributed by atoms with Gasteiger partial charge in [-0.2, -0.15) is 0 Å². The van der Waals surface area contributed by atoms with Crippen molar-refractivity contribution < 1.29 is 19.2 Å². The summed E-state index contributed by atoms with van der Waals surface area (Å²) in [6.07, 6.45) is 0.385. The molecule has 8 heteroatoms. The summed E-state index contributed by atoms with van der Waals surface area (Å²) in [5, 5.41) is 20.6. The van der Waals surface area contributed by atoms with Crippen molar-refractivity contribution in [3.8, 4) is 0 Å². The molecule has 1 aliphatic rings. The summed E-state index contributed by atoms with van der Waals surface area (Å²) in [4.78, 5) is 23.5. The molecule has 2 rings (SSSR count). The third kappa shape index (κ3) is 2.55. The van der Waals surface area contributed by atoms with Crippen LogP contribution in [0.4, 0.5) is 15.8 Å². The van der Waals surface area contributed by atoms with Gasteiger partial charge in [0.25, 0.3) is 11.6 Å². The minimum absolute atomic E-state index is 0.0790. The minimum atomic E-state index is -1.01. The first kappa shape index (κ1) is 14.2. The van der Waals surface area contributed by atoms with Crippen LogP contribution in [0.25, 0.3) is 0 Å². The van der Waals surface area contributed by atoms with Gasteiger partial charge in [0.05, 0.1) is 22.2 Å². The molecule has 0 aliphatic carbocycles. The van der Waals surface area contributed by atoms with Gasteiger partial charge in [0, 0.05) is 13.1 Å². The average Bonchev–Trinajstić information content (AvgIpc) is 2.71. The second-order valence-corrected chi connectivity index (χ2v) is 5.12. The number of β-amino-alcohol motifs (C(OH)–C–C–N with tert-alkyl or cyclic N) is 1. The highest BCUT2D eigenvalue weighted by Gasteiger charge is 2.35. The number of nitrogens with two attached hydrogens (primary N) is 1. The van der Waals surface area contributed by atoms with E-state index in [0.29, 0.717) is 12.5 Å². The molecule has 0 saturated carbocycles. The highest BCUT2D eigenvalue weighted by atomic mass is 19.1. The number of carbonyl (C=O) groups excluding carboxylic acids is 1. The number of nitrogen functional groups attached to an aromatic ring is 1. The number of aliphatic hydroxyl groups is 1. The van der Waals surface area contributed by atoms with Crippen LogP contribution in [0.2, 0.25) is 0 Å². The number of hydrogen-bond acceptors (Lipinski definition) is 5. The molecule has 1 amide bonds. The van der Waals surface area contributed by atoms with E-state index in [2.05, 4.69) is 0 Å².